The molecule has 2 aromatic carbocycles. The highest BCUT2D eigenvalue weighted by Crippen LogP contribution is 2.44. The lowest BCUT2D eigenvalue weighted by atomic mass is 9.85. The van der Waals surface area contributed by atoms with Gasteiger partial charge in [-0.25, -0.2) is 9.78 Å². The number of amides is 1. The number of benzene rings is 2. The summed E-state index contributed by atoms with van der Waals surface area (Å²) >= 11 is 0.962. The minimum Gasteiger partial charge on any atom is -0.507 e. The number of ether oxygens (including phenoxy) is 2. The van der Waals surface area contributed by atoms with Crippen molar-refractivity contribution in [1.29, 1.82) is 0 Å². The zero-order valence-electron chi connectivity index (χ0n) is 23.4. The number of carbonyl (C=O) groups is 3. The number of aromatic nitrogens is 1. The van der Waals surface area contributed by atoms with E-state index in [1.807, 2.05) is 24.3 Å². The molecule has 1 N–H and O–H groups in total. The van der Waals surface area contributed by atoms with Crippen LogP contribution in [0.4, 0.5) is 5.13 Å². The van der Waals surface area contributed by atoms with Gasteiger partial charge in [0, 0.05) is 5.56 Å². The summed E-state index contributed by atoms with van der Waals surface area (Å²) in [7, 11) is 1.26. The van der Waals surface area contributed by atoms with E-state index in [-0.39, 0.29) is 26.8 Å². The number of thiazole rings is 1. The van der Waals surface area contributed by atoms with Crippen molar-refractivity contribution in [3.05, 3.63) is 93.5 Å². The summed E-state index contributed by atoms with van der Waals surface area (Å²) in [6, 6.07) is 11.7. The highest BCUT2D eigenvalue weighted by Gasteiger charge is 2.48. The quantitative estimate of drug-likeness (QED) is 0.124. The van der Waals surface area contributed by atoms with E-state index in [9.17, 15) is 19.5 Å². The molecule has 1 saturated heterocycles. The molecule has 8 nitrogen and oxygen atoms in total. The predicted octanol–water partition coefficient (Wildman–Crippen LogP) is 6.04. The van der Waals surface area contributed by atoms with Gasteiger partial charge < -0.3 is 14.6 Å². The number of hydrogen-bond donors (Lipinski definition) is 1. The molecule has 1 unspecified atom stereocenters. The molecule has 1 aromatic heterocycles. The standard InChI is InChI=1S/C31H32N2O6S/c1-8-15-39-21-13-14-22(17(2)16-21)25(34)23-24(19-9-11-20(12-10-19)31(4,5)6)33(28(36)26(23)35)30-32-18(3)27(40-30)29(37)38-7/h8-14,16,24,34H,1,15H2,2-7H3/b25-23+. The lowest BCUT2D eigenvalue weighted by Gasteiger charge is -2.25. The molecule has 0 saturated carbocycles. The molecule has 4 rings (SSSR count). The van der Waals surface area contributed by atoms with Crippen molar-refractivity contribution < 1.29 is 29.0 Å². The van der Waals surface area contributed by atoms with Gasteiger partial charge in [-0.05, 0) is 54.2 Å². The van der Waals surface area contributed by atoms with Crippen molar-refractivity contribution in [2.45, 2.75) is 46.1 Å². The van der Waals surface area contributed by atoms with Crippen LogP contribution in [0, 0.1) is 13.8 Å². The van der Waals surface area contributed by atoms with Gasteiger partial charge in [0.25, 0.3) is 5.78 Å². The topological polar surface area (TPSA) is 106 Å². The van der Waals surface area contributed by atoms with Crippen LogP contribution in [0.3, 0.4) is 0 Å². The Labute approximate surface area is 237 Å². The number of ketones is 1. The molecule has 1 atom stereocenters. The smallest absolute Gasteiger partial charge is 0.350 e. The first-order valence-electron chi connectivity index (χ1n) is 12.7. The third kappa shape index (κ3) is 5.29. The largest absolute Gasteiger partial charge is 0.507 e. The monoisotopic (exact) mass is 560 g/mol. The molecule has 1 amide bonds. The van der Waals surface area contributed by atoms with E-state index >= 15 is 0 Å². The molecule has 0 aliphatic carbocycles. The van der Waals surface area contributed by atoms with Crippen LogP contribution >= 0.6 is 11.3 Å². The maximum atomic E-state index is 13.6. The van der Waals surface area contributed by atoms with E-state index in [0.29, 0.717) is 34.7 Å². The number of Topliss-reactive ketones (excluding diaryl/α,β-unsaturated/α-hetero) is 1. The van der Waals surface area contributed by atoms with Gasteiger partial charge in [0.2, 0.25) is 0 Å². The fourth-order valence-corrected chi connectivity index (χ4v) is 5.58. The normalized spacial score (nSPS) is 16.8. The molecule has 9 heteroatoms. The summed E-state index contributed by atoms with van der Waals surface area (Å²) in [6.07, 6.45) is 1.63. The molecule has 3 aromatic rings. The van der Waals surface area contributed by atoms with Gasteiger partial charge in [-0.1, -0.05) is 69.0 Å². The van der Waals surface area contributed by atoms with Crippen LogP contribution in [-0.4, -0.2) is 41.5 Å². The van der Waals surface area contributed by atoms with Crippen LogP contribution in [0.15, 0.2) is 60.7 Å². The number of aryl methyl sites for hydroxylation is 2. The van der Waals surface area contributed by atoms with Crippen molar-refractivity contribution in [2.75, 3.05) is 18.6 Å². The van der Waals surface area contributed by atoms with Gasteiger partial charge in [0.1, 0.15) is 23.0 Å². The molecule has 0 spiro atoms. The predicted molar refractivity (Wildman–Crippen MR) is 155 cm³/mol. The minimum absolute atomic E-state index is 0.0659. The van der Waals surface area contributed by atoms with E-state index < -0.39 is 23.7 Å². The Balaban J connectivity index is 1.91. The summed E-state index contributed by atoms with van der Waals surface area (Å²) in [5, 5.41) is 11.7. The van der Waals surface area contributed by atoms with Crippen LogP contribution in [0.1, 0.15) is 64.4 Å². The average molecular weight is 561 g/mol. The molecule has 40 heavy (non-hydrogen) atoms. The number of methoxy groups -OCH3 is 1. The highest BCUT2D eigenvalue weighted by molar-refractivity contribution is 7.17. The Morgan fingerprint density at radius 2 is 1.82 bits per heavy atom. The van der Waals surface area contributed by atoms with Crippen LogP contribution in [0.25, 0.3) is 5.76 Å². The van der Waals surface area contributed by atoms with Crippen molar-refractivity contribution in [3.63, 3.8) is 0 Å². The fourth-order valence-electron chi connectivity index (χ4n) is 4.57. The van der Waals surface area contributed by atoms with Gasteiger partial charge in [-0.3, -0.25) is 14.5 Å². The maximum absolute atomic E-state index is 13.6. The number of anilines is 1. The first-order valence-corrected chi connectivity index (χ1v) is 13.5. The Hall–Kier alpha value is -4.24. The lowest BCUT2D eigenvalue weighted by molar-refractivity contribution is -0.132. The fraction of sp³-hybridized carbons (Fsp3) is 0.290. The van der Waals surface area contributed by atoms with Gasteiger partial charge in [-0.15, -0.1) is 0 Å². The first kappa shape index (κ1) is 28.8. The van der Waals surface area contributed by atoms with Crippen LogP contribution in [-0.2, 0) is 19.7 Å². The summed E-state index contributed by atoms with van der Waals surface area (Å²) < 4.78 is 10.4. The average Bonchev–Trinajstić information content (AvgIpc) is 3.42. The zero-order valence-corrected chi connectivity index (χ0v) is 24.2. The Morgan fingerprint density at radius 1 is 1.15 bits per heavy atom. The highest BCUT2D eigenvalue weighted by atomic mass is 32.1. The van der Waals surface area contributed by atoms with Gasteiger partial charge in [0.15, 0.2) is 5.13 Å². The maximum Gasteiger partial charge on any atom is 0.350 e. The third-order valence-corrected chi connectivity index (χ3v) is 7.86. The Morgan fingerprint density at radius 3 is 2.40 bits per heavy atom. The number of hydrogen-bond acceptors (Lipinski definition) is 8. The molecule has 208 valence electrons. The van der Waals surface area contributed by atoms with E-state index in [0.717, 1.165) is 16.9 Å². The van der Waals surface area contributed by atoms with E-state index in [1.165, 1.54) is 12.0 Å². The van der Waals surface area contributed by atoms with Gasteiger partial charge in [-0.2, -0.15) is 0 Å². The van der Waals surface area contributed by atoms with E-state index in [4.69, 9.17) is 9.47 Å². The summed E-state index contributed by atoms with van der Waals surface area (Å²) in [5.74, 6) is -2.00. The summed E-state index contributed by atoms with van der Waals surface area (Å²) in [4.78, 5) is 45.3. The third-order valence-electron chi connectivity index (χ3n) is 6.72. The number of carbonyl (C=O) groups excluding carboxylic acids is 3. The minimum atomic E-state index is -0.971. The SMILES string of the molecule is C=CCOc1ccc(/C(O)=C2\C(=O)C(=O)N(c3nc(C)c(C(=O)OC)s3)C2c2ccc(C(C)(C)C)cc2)c(C)c1. The number of aliphatic hydroxyl groups is 1. The van der Waals surface area contributed by atoms with Crippen molar-refractivity contribution in [1.82, 2.24) is 4.98 Å². The van der Waals surface area contributed by atoms with Crippen LogP contribution < -0.4 is 9.64 Å². The lowest BCUT2D eigenvalue weighted by Crippen LogP contribution is -2.29. The molecular weight excluding hydrogens is 528 g/mol. The first-order chi connectivity index (χ1) is 18.9. The van der Waals surface area contributed by atoms with Crippen molar-refractivity contribution in [2.24, 2.45) is 0 Å². The summed E-state index contributed by atoms with van der Waals surface area (Å²) in [5.41, 5.74) is 2.93. The second-order valence-electron chi connectivity index (χ2n) is 10.5. The van der Waals surface area contributed by atoms with Crippen molar-refractivity contribution in [3.8, 4) is 5.75 Å². The molecule has 1 aliphatic rings. The van der Waals surface area contributed by atoms with Crippen LogP contribution in [0.5, 0.6) is 5.75 Å². The second kappa shape index (κ2) is 11.1. The number of esters is 1. The van der Waals surface area contributed by atoms with Gasteiger partial charge >= 0.3 is 11.9 Å². The zero-order chi connectivity index (χ0) is 29.4. The van der Waals surface area contributed by atoms with E-state index in [2.05, 4.69) is 32.3 Å². The van der Waals surface area contributed by atoms with Crippen molar-refractivity contribution >= 4 is 39.9 Å². The van der Waals surface area contributed by atoms with Crippen LogP contribution in [0.2, 0.25) is 0 Å². The van der Waals surface area contributed by atoms with Gasteiger partial charge in [0.05, 0.1) is 24.4 Å². The molecule has 0 radical (unpaired) electrons. The molecule has 1 fully saturated rings. The Kier molecular flexibility index (Phi) is 7.98. The second-order valence-corrected chi connectivity index (χ2v) is 11.5. The molecular formula is C31H32N2O6S. The number of rotatable bonds is 7. The summed E-state index contributed by atoms with van der Waals surface area (Å²) in [6.45, 7) is 13.7. The molecule has 0 bridgehead atoms. The number of aliphatic hydroxyl groups excluding tert-OH is 1. The van der Waals surface area contributed by atoms with E-state index in [1.54, 1.807) is 38.1 Å². The molecule has 1 aliphatic heterocycles. The Bertz CT molecular complexity index is 1530. The molecule has 2 heterocycles. The number of nitrogens with zero attached hydrogens (tertiary/aromatic N) is 2.